The Morgan fingerprint density at radius 2 is 2.25 bits per heavy atom. The number of benzene rings is 1. The van der Waals surface area contributed by atoms with E-state index in [1.54, 1.807) is 0 Å². The van der Waals surface area contributed by atoms with Gasteiger partial charge < -0.3 is 5.32 Å². The van der Waals surface area contributed by atoms with Gasteiger partial charge in [-0.1, -0.05) is 24.6 Å². The Morgan fingerprint density at radius 1 is 1.50 bits per heavy atom. The molecule has 1 aromatic carbocycles. The summed E-state index contributed by atoms with van der Waals surface area (Å²) in [7, 11) is 0. The molecule has 0 saturated carbocycles. The van der Waals surface area contributed by atoms with Gasteiger partial charge >= 0.3 is 0 Å². The predicted octanol–water partition coefficient (Wildman–Crippen LogP) is 2.13. The van der Waals surface area contributed by atoms with E-state index in [1.807, 2.05) is 19.1 Å². The average molecular weight is 163 g/mol. The molecule has 1 N–H and O–H groups in total. The Hall–Kier alpha value is -1.31. The van der Waals surface area contributed by atoms with Crippen molar-refractivity contribution in [2.45, 2.75) is 20.3 Å². The summed E-state index contributed by atoms with van der Waals surface area (Å²) >= 11 is 0. The highest BCUT2D eigenvalue weighted by Crippen LogP contribution is 2.16. The molecule has 0 unspecified atom stereocenters. The Morgan fingerprint density at radius 3 is 2.83 bits per heavy atom. The zero-order valence-electron chi connectivity index (χ0n) is 7.42. The molecule has 0 heterocycles. The molecular formula is C10H13NO. The van der Waals surface area contributed by atoms with Gasteiger partial charge in [0.25, 0.3) is 0 Å². The lowest BCUT2D eigenvalue weighted by molar-refractivity contribution is -0.105. The van der Waals surface area contributed by atoms with E-state index in [2.05, 4.69) is 18.3 Å². The number of anilines is 1. The highest BCUT2D eigenvalue weighted by Gasteiger charge is 1.98. The van der Waals surface area contributed by atoms with Crippen LogP contribution in [-0.4, -0.2) is 6.41 Å². The van der Waals surface area contributed by atoms with Crippen molar-refractivity contribution in [1.29, 1.82) is 0 Å². The Kier molecular flexibility index (Phi) is 2.86. The molecule has 64 valence electrons. The Labute approximate surface area is 72.6 Å². The van der Waals surface area contributed by atoms with Crippen molar-refractivity contribution in [2.24, 2.45) is 0 Å². The number of amides is 1. The van der Waals surface area contributed by atoms with Crippen LogP contribution in [0.1, 0.15) is 18.1 Å². The zero-order chi connectivity index (χ0) is 8.97. The van der Waals surface area contributed by atoms with Crippen molar-refractivity contribution in [3.8, 4) is 0 Å². The molecule has 0 fully saturated rings. The van der Waals surface area contributed by atoms with Crippen molar-refractivity contribution in [2.75, 3.05) is 5.32 Å². The van der Waals surface area contributed by atoms with Gasteiger partial charge in [0.2, 0.25) is 6.41 Å². The van der Waals surface area contributed by atoms with E-state index < -0.39 is 0 Å². The predicted molar refractivity (Wildman–Crippen MR) is 50.2 cm³/mol. The molecular weight excluding hydrogens is 150 g/mol. The maximum absolute atomic E-state index is 10.2. The molecule has 0 spiro atoms. The topological polar surface area (TPSA) is 29.1 Å². The van der Waals surface area contributed by atoms with Gasteiger partial charge in [0, 0.05) is 5.69 Å². The lowest BCUT2D eigenvalue weighted by atomic mass is 10.1. The van der Waals surface area contributed by atoms with Crippen molar-refractivity contribution in [3.63, 3.8) is 0 Å². The van der Waals surface area contributed by atoms with Gasteiger partial charge in [-0.05, 0) is 25.0 Å². The molecule has 2 nitrogen and oxygen atoms in total. The minimum absolute atomic E-state index is 0.712. The van der Waals surface area contributed by atoms with Crippen molar-refractivity contribution in [3.05, 3.63) is 29.3 Å². The number of carbonyl (C=O) groups is 1. The summed E-state index contributed by atoms with van der Waals surface area (Å²) in [6, 6.07) is 6.01. The van der Waals surface area contributed by atoms with E-state index in [1.165, 1.54) is 11.1 Å². The van der Waals surface area contributed by atoms with Crippen LogP contribution in [0, 0.1) is 6.92 Å². The number of nitrogens with one attached hydrogen (secondary N) is 1. The molecule has 2 heteroatoms. The fourth-order valence-electron chi connectivity index (χ4n) is 1.22. The van der Waals surface area contributed by atoms with Crippen LogP contribution in [0.5, 0.6) is 0 Å². The third kappa shape index (κ3) is 1.84. The molecule has 12 heavy (non-hydrogen) atoms. The lowest BCUT2D eigenvalue weighted by Gasteiger charge is -2.06. The standard InChI is InChI=1S/C10H13NO/c1-3-9-6-8(2)4-5-10(9)11-7-12/h4-7H,3H2,1-2H3,(H,11,12). The minimum Gasteiger partial charge on any atom is -0.328 e. The molecule has 0 aromatic heterocycles. The van der Waals surface area contributed by atoms with Gasteiger partial charge in [-0.25, -0.2) is 0 Å². The summed E-state index contributed by atoms with van der Waals surface area (Å²) < 4.78 is 0. The second-order valence-electron chi connectivity index (χ2n) is 2.78. The van der Waals surface area contributed by atoms with E-state index in [9.17, 15) is 4.79 Å². The number of hydrogen-bond donors (Lipinski definition) is 1. The summed E-state index contributed by atoms with van der Waals surface area (Å²) in [5.41, 5.74) is 3.32. The van der Waals surface area contributed by atoms with E-state index in [4.69, 9.17) is 0 Å². The van der Waals surface area contributed by atoms with E-state index in [0.29, 0.717) is 6.41 Å². The van der Waals surface area contributed by atoms with Crippen molar-refractivity contribution < 1.29 is 4.79 Å². The molecule has 0 aliphatic carbocycles. The fraction of sp³-hybridized carbons (Fsp3) is 0.300. The number of carbonyl (C=O) groups excluding carboxylic acids is 1. The normalized spacial score (nSPS) is 9.50. The van der Waals surface area contributed by atoms with Crippen LogP contribution in [0.4, 0.5) is 5.69 Å². The third-order valence-electron chi connectivity index (χ3n) is 1.86. The van der Waals surface area contributed by atoms with E-state index in [-0.39, 0.29) is 0 Å². The van der Waals surface area contributed by atoms with Crippen LogP contribution in [0.3, 0.4) is 0 Å². The largest absolute Gasteiger partial charge is 0.328 e. The Balaban J connectivity index is 3.01. The van der Waals surface area contributed by atoms with Gasteiger partial charge in [0.05, 0.1) is 0 Å². The number of aryl methyl sites for hydroxylation is 2. The molecule has 1 amide bonds. The van der Waals surface area contributed by atoms with Gasteiger partial charge in [-0.15, -0.1) is 0 Å². The molecule has 0 saturated heterocycles. The van der Waals surface area contributed by atoms with Crippen LogP contribution >= 0.6 is 0 Å². The van der Waals surface area contributed by atoms with Gasteiger partial charge in [0.15, 0.2) is 0 Å². The molecule has 1 aromatic rings. The van der Waals surface area contributed by atoms with Crippen LogP contribution in [0.15, 0.2) is 18.2 Å². The molecule has 0 aliphatic heterocycles. The zero-order valence-corrected chi connectivity index (χ0v) is 7.42. The monoisotopic (exact) mass is 163 g/mol. The molecule has 0 aliphatic rings. The van der Waals surface area contributed by atoms with Gasteiger partial charge in [-0.2, -0.15) is 0 Å². The highest BCUT2D eigenvalue weighted by molar-refractivity contribution is 5.73. The van der Waals surface area contributed by atoms with Crippen molar-refractivity contribution in [1.82, 2.24) is 0 Å². The highest BCUT2D eigenvalue weighted by atomic mass is 16.1. The summed E-state index contributed by atoms with van der Waals surface area (Å²) in [6.07, 6.45) is 1.65. The van der Waals surface area contributed by atoms with Gasteiger partial charge in [0.1, 0.15) is 0 Å². The van der Waals surface area contributed by atoms with Crippen LogP contribution in [0.2, 0.25) is 0 Å². The smallest absolute Gasteiger partial charge is 0.211 e. The minimum atomic E-state index is 0.712. The number of hydrogen-bond acceptors (Lipinski definition) is 1. The maximum Gasteiger partial charge on any atom is 0.211 e. The molecule has 0 radical (unpaired) electrons. The van der Waals surface area contributed by atoms with Gasteiger partial charge in [-0.3, -0.25) is 4.79 Å². The first kappa shape index (κ1) is 8.78. The molecule has 0 atom stereocenters. The third-order valence-corrected chi connectivity index (χ3v) is 1.86. The Bertz CT molecular complexity index is 281. The first-order chi connectivity index (χ1) is 5.77. The lowest BCUT2D eigenvalue weighted by Crippen LogP contribution is -1.98. The first-order valence-electron chi connectivity index (χ1n) is 4.07. The summed E-state index contributed by atoms with van der Waals surface area (Å²) in [4.78, 5) is 10.2. The number of rotatable bonds is 3. The summed E-state index contributed by atoms with van der Waals surface area (Å²) in [5.74, 6) is 0. The quantitative estimate of drug-likeness (QED) is 0.679. The van der Waals surface area contributed by atoms with E-state index >= 15 is 0 Å². The van der Waals surface area contributed by atoms with Crippen LogP contribution in [0.25, 0.3) is 0 Å². The molecule has 1 rings (SSSR count). The summed E-state index contributed by atoms with van der Waals surface area (Å²) in [5, 5.41) is 2.67. The van der Waals surface area contributed by atoms with Crippen LogP contribution < -0.4 is 5.32 Å². The van der Waals surface area contributed by atoms with E-state index in [0.717, 1.165) is 12.1 Å². The SMILES string of the molecule is CCc1cc(C)ccc1NC=O. The fourth-order valence-corrected chi connectivity index (χ4v) is 1.22. The van der Waals surface area contributed by atoms with Crippen LogP contribution in [-0.2, 0) is 11.2 Å². The molecule has 0 bridgehead atoms. The first-order valence-corrected chi connectivity index (χ1v) is 4.07. The second-order valence-corrected chi connectivity index (χ2v) is 2.78. The maximum atomic E-state index is 10.2. The summed E-state index contributed by atoms with van der Waals surface area (Å²) in [6.45, 7) is 4.12. The van der Waals surface area contributed by atoms with Crippen molar-refractivity contribution >= 4 is 12.1 Å². The average Bonchev–Trinajstić information content (AvgIpc) is 2.08. The second kappa shape index (κ2) is 3.90.